The van der Waals surface area contributed by atoms with E-state index in [2.05, 4.69) is 22.3 Å². The van der Waals surface area contributed by atoms with Crippen LogP contribution in [0, 0.1) is 12.8 Å². The number of anilines is 1. The molecule has 5 heteroatoms. The van der Waals surface area contributed by atoms with Crippen molar-refractivity contribution in [2.24, 2.45) is 5.92 Å². The van der Waals surface area contributed by atoms with Crippen LogP contribution in [0.3, 0.4) is 0 Å². The molecule has 1 saturated heterocycles. The highest BCUT2D eigenvalue weighted by atomic mass is 16.2. The van der Waals surface area contributed by atoms with E-state index in [0.29, 0.717) is 13.1 Å². The van der Waals surface area contributed by atoms with Gasteiger partial charge in [-0.25, -0.2) is 0 Å². The third-order valence-corrected chi connectivity index (χ3v) is 4.83. The predicted molar refractivity (Wildman–Crippen MR) is 107 cm³/mol. The van der Waals surface area contributed by atoms with Crippen LogP contribution in [-0.4, -0.2) is 37.4 Å². The Morgan fingerprint density at radius 2 is 1.70 bits per heavy atom. The largest absolute Gasteiger partial charge is 0.352 e. The molecule has 142 valence electrons. The lowest BCUT2D eigenvalue weighted by molar-refractivity contribution is -0.126. The minimum absolute atomic E-state index is 0.00652. The average molecular weight is 365 g/mol. The number of carbonyl (C=O) groups excluding carboxylic acids is 2. The molecule has 1 N–H and O–H groups in total. The van der Waals surface area contributed by atoms with Gasteiger partial charge in [0.25, 0.3) is 0 Å². The Morgan fingerprint density at radius 3 is 2.33 bits per heavy atom. The minimum atomic E-state index is -0.299. The van der Waals surface area contributed by atoms with Gasteiger partial charge in [-0.05, 0) is 44.3 Å². The summed E-state index contributed by atoms with van der Waals surface area (Å²) in [7, 11) is 4.08. The maximum atomic E-state index is 12.5. The highest BCUT2D eigenvalue weighted by Crippen LogP contribution is 2.25. The Balaban J connectivity index is 1.54. The maximum absolute atomic E-state index is 12.5. The van der Waals surface area contributed by atoms with Crippen LogP contribution in [0.2, 0.25) is 0 Å². The Bertz CT molecular complexity index is 797. The van der Waals surface area contributed by atoms with E-state index in [9.17, 15) is 9.59 Å². The van der Waals surface area contributed by atoms with E-state index in [-0.39, 0.29) is 24.2 Å². The normalized spacial score (nSPS) is 16.8. The van der Waals surface area contributed by atoms with Crippen molar-refractivity contribution >= 4 is 17.5 Å². The van der Waals surface area contributed by atoms with Crippen molar-refractivity contribution < 1.29 is 9.59 Å². The van der Waals surface area contributed by atoms with Crippen molar-refractivity contribution in [3.63, 3.8) is 0 Å². The molecule has 27 heavy (non-hydrogen) atoms. The lowest BCUT2D eigenvalue weighted by Crippen LogP contribution is -2.32. The van der Waals surface area contributed by atoms with E-state index in [1.54, 1.807) is 4.90 Å². The Kier molecular flexibility index (Phi) is 5.91. The van der Waals surface area contributed by atoms with Crippen molar-refractivity contribution in [1.29, 1.82) is 0 Å². The standard InChI is InChI=1S/C22H27N3O2/c1-16-4-10-20(11-5-16)25-15-19(12-21(25)26)22(27)23-13-17-6-8-18(9-7-17)14-24(2)3/h4-11,19H,12-15H2,1-3H3,(H,23,27). The van der Waals surface area contributed by atoms with Crippen LogP contribution in [0.25, 0.3) is 0 Å². The molecule has 0 bridgehead atoms. The monoisotopic (exact) mass is 365 g/mol. The van der Waals surface area contributed by atoms with Crippen LogP contribution in [0.1, 0.15) is 23.1 Å². The minimum Gasteiger partial charge on any atom is -0.352 e. The van der Waals surface area contributed by atoms with Gasteiger partial charge >= 0.3 is 0 Å². The molecule has 0 radical (unpaired) electrons. The van der Waals surface area contributed by atoms with E-state index in [1.807, 2.05) is 57.4 Å². The summed E-state index contributed by atoms with van der Waals surface area (Å²) in [6.07, 6.45) is 0.265. The number of nitrogens with zero attached hydrogens (tertiary/aromatic N) is 2. The van der Waals surface area contributed by atoms with Crippen molar-refractivity contribution in [3.8, 4) is 0 Å². The van der Waals surface area contributed by atoms with Gasteiger partial charge in [-0.2, -0.15) is 0 Å². The lowest BCUT2D eigenvalue weighted by Gasteiger charge is -2.17. The van der Waals surface area contributed by atoms with Crippen LogP contribution in [0.5, 0.6) is 0 Å². The first-order valence-corrected chi connectivity index (χ1v) is 9.29. The Morgan fingerprint density at radius 1 is 1.07 bits per heavy atom. The zero-order chi connectivity index (χ0) is 19.4. The molecule has 2 aromatic rings. The molecule has 5 nitrogen and oxygen atoms in total. The van der Waals surface area contributed by atoms with Gasteiger partial charge in [0.15, 0.2) is 0 Å². The van der Waals surface area contributed by atoms with Crippen LogP contribution in [0.4, 0.5) is 5.69 Å². The predicted octanol–water partition coefficient (Wildman–Crippen LogP) is 2.73. The van der Waals surface area contributed by atoms with Gasteiger partial charge < -0.3 is 15.1 Å². The van der Waals surface area contributed by atoms with Crippen LogP contribution in [-0.2, 0) is 22.7 Å². The number of carbonyl (C=O) groups is 2. The van der Waals surface area contributed by atoms with Crippen molar-refractivity contribution in [3.05, 3.63) is 65.2 Å². The quantitative estimate of drug-likeness (QED) is 0.856. The second kappa shape index (κ2) is 8.35. The molecule has 0 aromatic heterocycles. The Labute approximate surface area is 161 Å². The summed E-state index contributed by atoms with van der Waals surface area (Å²) >= 11 is 0. The number of hydrogen-bond acceptors (Lipinski definition) is 3. The molecule has 1 unspecified atom stereocenters. The zero-order valence-corrected chi connectivity index (χ0v) is 16.2. The molecule has 2 amide bonds. The SMILES string of the molecule is Cc1ccc(N2CC(C(=O)NCc3ccc(CN(C)C)cc3)CC2=O)cc1. The molecule has 1 aliphatic heterocycles. The molecule has 1 fully saturated rings. The summed E-state index contributed by atoms with van der Waals surface area (Å²) in [5, 5.41) is 2.97. The molecule has 0 saturated carbocycles. The molecule has 3 rings (SSSR count). The summed E-state index contributed by atoms with van der Waals surface area (Å²) in [6, 6.07) is 16.1. The van der Waals surface area contributed by atoms with E-state index in [0.717, 1.165) is 23.4 Å². The van der Waals surface area contributed by atoms with Gasteiger partial charge in [0, 0.05) is 31.7 Å². The van der Waals surface area contributed by atoms with E-state index < -0.39 is 0 Å². The van der Waals surface area contributed by atoms with E-state index >= 15 is 0 Å². The van der Waals surface area contributed by atoms with Gasteiger partial charge in [-0.3, -0.25) is 9.59 Å². The number of hydrogen-bond donors (Lipinski definition) is 1. The van der Waals surface area contributed by atoms with Crippen LogP contribution < -0.4 is 10.2 Å². The van der Waals surface area contributed by atoms with E-state index in [4.69, 9.17) is 0 Å². The first-order valence-electron chi connectivity index (χ1n) is 9.29. The molecule has 0 spiro atoms. The third-order valence-electron chi connectivity index (χ3n) is 4.83. The first kappa shape index (κ1) is 19.1. The first-order chi connectivity index (χ1) is 12.9. The topological polar surface area (TPSA) is 52.7 Å². The summed E-state index contributed by atoms with van der Waals surface area (Å²) < 4.78 is 0. The van der Waals surface area contributed by atoms with Crippen LogP contribution >= 0.6 is 0 Å². The van der Waals surface area contributed by atoms with Gasteiger partial charge in [-0.15, -0.1) is 0 Å². The van der Waals surface area contributed by atoms with Crippen molar-refractivity contribution in [2.75, 3.05) is 25.5 Å². The zero-order valence-electron chi connectivity index (χ0n) is 16.2. The highest BCUT2D eigenvalue weighted by Gasteiger charge is 2.34. The number of nitrogens with one attached hydrogen (secondary N) is 1. The van der Waals surface area contributed by atoms with E-state index in [1.165, 1.54) is 5.56 Å². The molecular weight excluding hydrogens is 338 g/mol. The summed E-state index contributed by atoms with van der Waals surface area (Å²) in [6.45, 7) is 3.83. The van der Waals surface area contributed by atoms with Crippen molar-refractivity contribution in [2.45, 2.75) is 26.4 Å². The smallest absolute Gasteiger partial charge is 0.227 e. The number of aryl methyl sites for hydroxylation is 1. The van der Waals surface area contributed by atoms with Crippen molar-refractivity contribution in [1.82, 2.24) is 10.2 Å². The van der Waals surface area contributed by atoms with Gasteiger partial charge in [0.1, 0.15) is 0 Å². The molecular formula is C22H27N3O2. The second-order valence-electron chi connectivity index (χ2n) is 7.51. The van der Waals surface area contributed by atoms with Gasteiger partial charge in [-0.1, -0.05) is 42.0 Å². The molecule has 0 aliphatic carbocycles. The number of amides is 2. The fourth-order valence-electron chi connectivity index (χ4n) is 3.32. The fraction of sp³-hybridized carbons (Fsp3) is 0.364. The Hall–Kier alpha value is -2.66. The molecule has 1 atom stereocenters. The highest BCUT2D eigenvalue weighted by molar-refractivity contribution is 6.00. The molecule has 1 aliphatic rings. The summed E-state index contributed by atoms with van der Waals surface area (Å²) in [5.74, 6) is -0.353. The number of benzene rings is 2. The van der Waals surface area contributed by atoms with Gasteiger partial charge in [0.05, 0.1) is 5.92 Å². The summed E-state index contributed by atoms with van der Waals surface area (Å²) in [5.41, 5.74) is 4.31. The lowest BCUT2D eigenvalue weighted by atomic mass is 10.1. The molecule has 1 heterocycles. The number of rotatable bonds is 6. The van der Waals surface area contributed by atoms with Crippen LogP contribution in [0.15, 0.2) is 48.5 Å². The fourth-order valence-corrected chi connectivity index (χ4v) is 3.32. The molecule has 2 aromatic carbocycles. The second-order valence-corrected chi connectivity index (χ2v) is 7.51. The maximum Gasteiger partial charge on any atom is 0.227 e. The van der Waals surface area contributed by atoms with Gasteiger partial charge in [0.2, 0.25) is 11.8 Å². The summed E-state index contributed by atoms with van der Waals surface area (Å²) in [4.78, 5) is 28.7. The third kappa shape index (κ3) is 4.95. The average Bonchev–Trinajstić information content (AvgIpc) is 3.03.